The molecule has 2 rings (SSSR count). The summed E-state index contributed by atoms with van der Waals surface area (Å²) in [6.07, 6.45) is 4.85. The van der Waals surface area contributed by atoms with E-state index < -0.39 is 0 Å². The van der Waals surface area contributed by atoms with E-state index in [4.69, 9.17) is 0 Å². The minimum absolute atomic E-state index is 0.0959. The third-order valence-corrected chi connectivity index (χ3v) is 4.21. The number of carbonyl (C=O) groups excluding carboxylic acids is 2. The van der Waals surface area contributed by atoms with Crippen LogP contribution >= 0.6 is 0 Å². The molecule has 1 aromatic rings. The van der Waals surface area contributed by atoms with Crippen LogP contribution in [-0.2, 0) is 13.0 Å². The van der Waals surface area contributed by atoms with Gasteiger partial charge >= 0.3 is 0 Å². The summed E-state index contributed by atoms with van der Waals surface area (Å²) in [7, 11) is 1.80. The van der Waals surface area contributed by atoms with Gasteiger partial charge in [0.25, 0.3) is 11.8 Å². The number of carbonyl (C=O) groups is 2. The van der Waals surface area contributed by atoms with E-state index in [9.17, 15) is 9.59 Å². The first kappa shape index (κ1) is 18.5. The summed E-state index contributed by atoms with van der Waals surface area (Å²) in [5.41, 5.74) is 0.983. The first-order valence-corrected chi connectivity index (χ1v) is 8.92. The number of hydrogen-bond acceptors (Lipinski definition) is 3. The summed E-state index contributed by atoms with van der Waals surface area (Å²) >= 11 is 0. The van der Waals surface area contributed by atoms with Gasteiger partial charge in [-0.3, -0.25) is 9.59 Å². The van der Waals surface area contributed by atoms with Crippen LogP contribution in [0.2, 0.25) is 0 Å². The van der Waals surface area contributed by atoms with Crippen LogP contribution in [0.15, 0.2) is 0 Å². The number of hydrogen-bond donors (Lipinski definition) is 1. The van der Waals surface area contributed by atoms with E-state index in [0.717, 1.165) is 44.3 Å². The van der Waals surface area contributed by atoms with Crippen molar-refractivity contribution in [2.75, 3.05) is 13.6 Å². The molecule has 1 N–H and O–H groups in total. The van der Waals surface area contributed by atoms with Gasteiger partial charge in [0.1, 0.15) is 5.69 Å². The molecule has 6 heteroatoms. The van der Waals surface area contributed by atoms with Crippen molar-refractivity contribution >= 4 is 11.8 Å². The maximum atomic E-state index is 12.8. The van der Waals surface area contributed by atoms with Gasteiger partial charge < -0.3 is 14.8 Å². The molecule has 2 heterocycles. The van der Waals surface area contributed by atoms with Crippen molar-refractivity contribution in [3.63, 3.8) is 0 Å². The lowest BCUT2D eigenvalue weighted by molar-refractivity contribution is 0.0775. The van der Waals surface area contributed by atoms with E-state index in [1.807, 2.05) is 25.3 Å². The van der Waals surface area contributed by atoms with Gasteiger partial charge in [0.15, 0.2) is 5.82 Å². The van der Waals surface area contributed by atoms with Gasteiger partial charge in [-0.1, -0.05) is 13.3 Å². The maximum absolute atomic E-state index is 12.8. The van der Waals surface area contributed by atoms with Crippen LogP contribution in [0, 0.1) is 0 Å². The molecular formula is C18H30N4O2. The van der Waals surface area contributed by atoms with Gasteiger partial charge in [-0.15, -0.1) is 0 Å². The van der Waals surface area contributed by atoms with Crippen LogP contribution in [0.5, 0.6) is 0 Å². The molecule has 0 saturated heterocycles. The summed E-state index contributed by atoms with van der Waals surface area (Å²) in [6.45, 7) is 9.40. The van der Waals surface area contributed by atoms with Gasteiger partial charge in [-0.05, 0) is 46.5 Å². The average molecular weight is 334 g/mol. The highest BCUT2D eigenvalue weighted by Crippen LogP contribution is 2.22. The molecule has 1 aromatic heterocycles. The molecule has 0 aliphatic carbocycles. The van der Waals surface area contributed by atoms with Gasteiger partial charge in [0.05, 0.1) is 5.69 Å². The Morgan fingerprint density at radius 3 is 2.62 bits per heavy atom. The number of amides is 2. The molecule has 0 aromatic carbocycles. The van der Waals surface area contributed by atoms with Gasteiger partial charge in [-0.25, -0.2) is 4.98 Å². The molecular weight excluding hydrogens is 304 g/mol. The van der Waals surface area contributed by atoms with Crippen molar-refractivity contribution in [3.05, 3.63) is 17.2 Å². The monoisotopic (exact) mass is 334 g/mol. The Labute approximate surface area is 144 Å². The molecule has 0 fully saturated rings. The van der Waals surface area contributed by atoms with Crippen molar-refractivity contribution < 1.29 is 9.59 Å². The third kappa shape index (κ3) is 4.16. The summed E-state index contributed by atoms with van der Waals surface area (Å²) < 4.78 is 1.95. The van der Waals surface area contributed by atoms with Crippen LogP contribution in [0.25, 0.3) is 0 Å². The van der Waals surface area contributed by atoms with E-state index >= 15 is 0 Å². The van der Waals surface area contributed by atoms with Crippen LogP contribution < -0.4 is 5.32 Å². The number of imidazole rings is 1. The molecule has 134 valence electrons. The van der Waals surface area contributed by atoms with Gasteiger partial charge in [0, 0.05) is 25.7 Å². The predicted octanol–water partition coefficient (Wildman–Crippen LogP) is 2.62. The summed E-state index contributed by atoms with van der Waals surface area (Å²) in [5.74, 6) is 0.118. The summed E-state index contributed by atoms with van der Waals surface area (Å²) in [6, 6.07) is 0. The Hall–Kier alpha value is -1.85. The third-order valence-electron chi connectivity index (χ3n) is 4.21. The van der Waals surface area contributed by atoms with E-state index in [1.54, 1.807) is 11.9 Å². The Morgan fingerprint density at radius 1 is 1.29 bits per heavy atom. The van der Waals surface area contributed by atoms with Crippen molar-refractivity contribution in [2.24, 2.45) is 0 Å². The molecule has 0 radical (unpaired) electrons. The first-order valence-electron chi connectivity index (χ1n) is 8.92. The van der Waals surface area contributed by atoms with E-state index in [1.165, 1.54) is 0 Å². The molecule has 1 aliphatic heterocycles. The number of aromatic nitrogens is 2. The second-order valence-electron chi connectivity index (χ2n) is 7.62. The fourth-order valence-corrected chi connectivity index (χ4v) is 2.96. The molecule has 0 bridgehead atoms. The fraction of sp³-hybridized carbons (Fsp3) is 0.722. The molecule has 0 atom stereocenters. The zero-order valence-electron chi connectivity index (χ0n) is 15.6. The second-order valence-corrected chi connectivity index (χ2v) is 7.62. The predicted molar refractivity (Wildman–Crippen MR) is 94.3 cm³/mol. The number of fused-ring (bicyclic) bond motifs is 1. The molecule has 0 spiro atoms. The van der Waals surface area contributed by atoms with Crippen molar-refractivity contribution in [1.82, 2.24) is 19.8 Å². The minimum Gasteiger partial charge on any atom is -0.346 e. The molecule has 6 nitrogen and oxygen atoms in total. The highest BCUT2D eigenvalue weighted by atomic mass is 16.2. The van der Waals surface area contributed by atoms with Crippen LogP contribution in [0.4, 0.5) is 0 Å². The SMILES string of the molecule is CCCCN(C)C(=O)c1nc(C(=O)NC(C)(C)C)c2n1CCCC2. The van der Waals surface area contributed by atoms with E-state index in [-0.39, 0.29) is 17.4 Å². The highest BCUT2D eigenvalue weighted by molar-refractivity contribution is 5.97. The first-order chi connectivity index (χ1) is 11.2. The molecule has 1 aliphatic rings. The van der Waals surface area contributed by atoms with Gasteiger partial charge in [0.2, 0.25) is 0 Å². The Balaban J connectivity index is 2.33. The topological polar surface area (TPSA) is 67.2 Å². The van der Waals surface area contributed by atoms with Crippen LogP contribution in [0.3, 0.4) is 0 Å². The fourth-order valence-electron chi connectivity index (χ4n) is 2.96. The minimum atomic E-state index is -0.329. The molecule has 0 saturated carbocycles. The highest BCUT2D eigenvalue weighted by Gasteiger charge is 2.29. The standard InChI is InChI=1S/C18H30N4O2/c1-6-7-11-21(5)17(24)15-19-14(16(23)20-18(2,3)4)13-10-8-9-12-22(13)15/h6-12H2,1-5H3,(H,20,23). The zero-order chi connectivity index (χ0) is 17.9. The molecule has 0 unspecified atom stereocenters. The Kier molecular flexibility index (Phi) is 5.67. The Morgan fingerprint density at radius 2 is 2.00 bits per heavy atom. The number of unbranched alkanes of at least 4 members (excludes halogenated alkanes) is 1. The van der Waals surface area contributed by atoms with E-state index in [0.29, 0.717) is 18.1 Å². The number of nitrogens with one attached hydrogen (secondary N) is 1. The van der Waals surface area contributed by atoms with E-state index in [2.05, 4.69) is 17.2 Å². The zero-order valence-corrected chi connectivity index (χ0v) is 15.6. The number of nitrogens with zero attached hydrogens (tertiary/aromatic N) is 3. The largest absolute Gasteiger partial charge is 0.346 e. The summed E-state index contributed by atoms with van der Waals surface area (Å²) in [5, 5.41) is 2.96. The normalized spacial score (nSPS) is 14.2. The molecule has 2 amide bonds. The maximum Gasteiger partial charge on any atom is 0.289 e. The quantitative estimate of drug-likeness (QED) is 0.900. The lowest BCUT2D eigenvalue weighted by Crippen LogP contribution is -2.41. The van der Waals surface area contributed by atoms with Crippen molar-refractivity contribution in [1.29, 1.82) is 0 Å². The second kappa shape index (κ2) is 7.36. The summed E-state index contributed by atoms with van der Waals surface area (Å²) in [4.78, 5) is 31.5. The van der Waals surface area contributed by atoms with Crippen LogP contribution in [0.1, 0.15) is 80.2 Å². The average Bonchev–Trinajstić information content (AvgIpc) is 2.90. The van der Waals surface area contributed by atoms with Crippen molar-refractivity contribution in [3.8, 4) is 0 Å². The number of rotatable bonds is 5. The lowest BCUT2D eigenvalue weighted by Gasteiger charge is -2.21. The van der Waals surface area contributed by atoms with Gasteiger partial charge in [-0.2, -0.15) is 0 Å². The van der Waals surface area contributed by atoms with Crippen LogP contribution in [-0.4, -0.2) is 45.4 Å². The Bertz CT molecular complexity index is 613. The lowest BCUT2D eigenvalue weighted by atomic mass is 10.1. The van der Waals surface area contributed by atoms with Crippen molar-refractivity contribution in [2.45, 2.75) is 71.9 Å². The molecule has 24 heavy (non-hydrogen) atoms. The smallest absolute Gasteiger partial charge is 0.289 e.